The van der Waals surface area contributed by atoms with Crippen molar-refractivity contribution in [3.8, 4) is 5.75 Å². The molecule has 4 nitrogen and oxygen atoms in total. The zero-order valence-corrected chi connectivity index (χ0v) is 19.4. The maximum Gasteiger partial charge on any atom is 0.132 e. The number of nitrogens with one attached hydrogen (secondary N) is 1. The Labute approximate surface area is 186 Å². The second-order valence-electron chi connectivity index (χ2n) is 9.04. The molecule has 1 N–H and O–H groups in total. The first-order valence-corrected chi connectivity index (χ1v) is 11.4. The third-order valence-corrected chi connectivity index (χ3v) is 5.52. The van der Waals surface area contributed by atoms with E-state index in [0.717, 1.165) is 41.8 Å². The third-order valence-electron chi connectivity index (χ3n) is 5.52. The van der Waals surface area contributed by atoms with Crippen LogP contribution in [0.15, 0.2) is 42.5 Å². The molecule has 0 aliphatic carbocycles. The minimum absolute atomic E-state index is 0.0596. The van der Waals surface area contributed by atoms with E-state index in [1.54, 1.807) is 12.1 Å². The maximum atomic E-state index is 13.2. The van der Waals surface area contributed by atoms with Crippen LogP contribution < -0.4 is 10.1 Å². The summed E-state index contributed by atoms with van der Waals surface area (Å²) in [6.45, 7) is 11.7. The van der Waals surface area contributed by atoms with Crippen LogP contribution in [0, 0.1) is 5.82 Å². The van der Waals surface area contributed by atoms with E-state index in [9.17, 15) is 4.39 Å². The van der Waals surface area contributed by atoms with E-state index in [4.69, 9.17) is 14.2 Å². The number of hydrogen-bond donors (Lipinski definition) is 1. The van der Waals surface area contributed by atoms with Crippen molar-refractivity contribution in [1.82, 2.24) is 0 Å². The highest BCUT2D eigenvalue weighted by Crippen LogP contribution is 2.44. The molecule has 0 saturated carbocycles. The molecule has 2 aromatic carbocycles. The van der Waals surface area contributed by atoms with Crippen molar-refractivity contribution in [2.75, 3.05) is 11.9 Å². The topological polar surface area (TPSA) is 39.7 Å². The van der Waals surface area contributed by atoms with Gasteiger partial charge in [-0.2, -0.15) is 0 Å². The summed E-state index contributed by atoms with van der Waals surface area (Å²) in [7, 11) is 0. The van der Waals surface area contributed by atoms with E-state index in [2.05, 4.69) is 32.2 Å². The highest BCUT2D eigenvalue weighted by atomic mass is 19.1. The van der Waals surface area contributed by atoms with E-state index in [-0.39, 0.29) is 24.1 Å². The summed E-state index contributed by atoms with van der Waals surface area (Å²) in [6, 6.07) is 12.6. The van der Waals surface area contributed by atoms with Gasteiger partial charge >= 0.3 is 0 Å². The van der Waals surface area contributed by atoms with Crippen molar-refractivity contribution in [3.63, 3.8) is 0 Å². The van der Waals surface area contributed by atoms with Gasteiger partial charge in [-0.3, -0.25) is 0 Å². The predicted octanol–water partition coefficient (Wildman–Crippen LogP) is 6.65. The number of benzene rings is 2. The quantitative estimate of drug-likeness (QED) is 0.429. The molecular formula is C26H36FNO3. The van der Waals surface area contributed by atoms with Gasteiger partial charge in [0.15, 0.2) is 0 Å². The lowest BCUT2D eigenvalue weighted by Gasteiger charge is -2.45. The second kappa shape index (κ2) is 10.5. The Balaban J connectivity index is 1.81. The highest BCUT2D eigenvalue weighted by molar-refractivity contribution is 5.53. The standard InChI is InChI=1S/C26H36FNO3/c1-6-7-8-15-29-25-24(30-18(2)3)22-16-21(13-14-23(22)31-26(25,4)5)28-17-19-9-11-20(27)12-10-19/h9-14,16,18,24-25,28H,6-8,15,17H2,1-5H3. The minimum atomic E-state index is -0.498. The molecule has 170 valence electrons. The molecule has 1 aliphatic heterocycles. The lowest BCUT2D eigenvalue weighted by Crippen LogP contribution is -2.51. The molecule has 0 aromatic heterocycles. The van der Waals surface area contributed by atoms with Crippen LogP contribution in [0.1, 0.15) is 71.1 Å². The second-order valence-corrected chi connectivity index (χ2v) is 9.04. The summed E-state index contributed by atoms with van der Waals surface area (Å²) >= 11 is 0. The van der Waals surface area contributed by atoms with Gasteiger partial charge in [0.05, 0.1) is 6.10 Å². The Kier molecular flexibility index (Phi) is 7.95. The molecular weight excluding hydrogens is 393 g/mol. The number of unbranched alkanes of at least 4 members (excludes halogenated alkanes) is 2. The Morgan fingerprint density at radius 2 is 1.84 bits per heavy atom. The maximum absolute atomic E-state index is 13.2. The van der Waals surface area contributed by atoms with E-state index in [1.807, 2.05) is 26.0 Å². The summed E-state index contributed by atoms with van der Waals surface area (Å²) in [6.07, 6.45) is 2.98. The molecule has 1 heterocycles. The number of halogens is 1. The van der Waals surface area contributed by atoms with Crippen molar-refractivity contribution in [2.24, 2.45) is 0 Å². The van der Waals surface area contributed by atoms with Gasteiger partial charge in [-0.1, -0.05) is 31.9 Å². The van der Waals surface area contributed by atoms with Crippen LogP contribution in [0.4, 0.5) is 10.1 Å². The summed E-state index contributed by atoms with van der Waals surface area (Å²) in [5.74, 6) is 0.604. The molecule has 1 aliphatic rings. The predicted molar refractivity (Wildman–Crippen MR) is 123 cm³/mol. The largest absolute Gasteiger partial charge is 0.485 e. The molecule has 0 spiro atoms. The molecule has 5 heteroatoms. The van der Waals surface area contributed by atoms with Gasteiger partial charge in [-0.25, -0.2) is 4.39 Å². The molecule has 31 heavy (non-hydrogen) atoms. The SMILES string of the molecule is CCCCCOC1C(OC(C)C)c2cc(NCc3ccc(F)cc3)ccc2OC1(C)C. The first kappa shape index (κ1) is 23.6. The Bertz CT molecular complexity index is 835. The number of anilines is 1. The van der Waals surface area contributed by atoms with Crippen LogP contribution in [0.2, 0.25) is 0 Å². The van der Waals surface area contributed by atoms with Crippen LogP contribution in [0.5, 0.6) is 5.75 Å². The van der Waals surface area contributed by atoms with Crippen LogP contribution in [-0.4, -0.2) is 24.4 Å². The van der Waals surface area contributed by atoms with Gasteiger partial charge in [-0.05, 0) is 70.0 Å². The number of rotatable bonds is 10. The molecule has 0 radical (unpaired) electrons. The smallest absolute Gasteiger partial charge is 0.132 e. The van der Waals surface area contributed by atoms with Gasteiger partial charge in [0.2, 0.25) is 0 Å². The van der Waals surface area contributed by atoms with Gasteiger partial charge < -0.3 is 19.5 Å². The lowest BCUT2D eigenvalue weighted by atomic mass is 9.87. The molecule has 0 amide bonds. The highest BCUT2D eigenvalue weighted by Gasteiger charge is 2.46. The van der Waals surface area contributed by atoms with E-state index < -0.39 is 5.60 Å². The third kappa shape index (κ3) is 6.20. The van der Waals surface area contributed by atoms with Crippen molar-refractivity contribution >= 4 is 5.69 Å². The van der Waals surface area contributed by atoms with Crippen molar-refractivity contribution in [2.45, 2.75) is 84.3 Å². The van der Waals surface area contributed by atoms with Crippen LogP contribution >= 0.6 is 0 Å². The van der Waals surface area contributed by atoms with Crippen LogP contribution in [0.25, 0.3) is 0 Å². The molecule has 3 rings (SSSR count). The first-order chi connectivity index (χ1) is 14.8. The molecule has 2 aromatic rings. The Morgan fingerprint density at radius 3 is 2.52 bits per heavy atom. The van der Waals surface area contributed by atoms with Crippen molar-refractivity contribution < 1.29 is 18.6 Å². The average Bonchev–Trinajstić information content (AvgIpc) is 2.72. The van der Waals surface area contributed by atoms with Gasteiger partial charge in [0.25, 0.3) is 0 Å². The van der Waals surface area contributed by atoms with Gasteiger partial charge in [-0.15, -0.1) is 0 Å². The van der Waals surface area contributed by atoms with E-state index in [0.29, 0.717) is 13.2 Å². The van der Waals surface area contributed by atoms with Crippen molar-refractivity contribution in [3.05, 3.63) is 59.4 Å². The fraction of sp³-hybridized carbons (Fsp3) is 0.538. The lowest BCUT2D eigenvalue weighted by molar-refractivity contribution is -0.173. The zero-order chi connectivity index (χ0) is 22.4. The van der Waals surface area contributed by atoms with E-state index in [1.165, 1.54) is 12.1 Å². The average molecular weight is 430 g/mol. The fourth-order valence-electron chi connectivity index (χ4n) is 3.94. The number of hydrogen-bond acceptors (Lipinski definition) is 4. The summed E-state index contributed by atoms with van der Waals surface area (Å²) in [5.41, 5.74) is 2.48. The fourth-order valence-corrected chi connectivity index (χ4v) is 3.94. The van der Waals surface area contributed by atoms with Gasteiger partial charge in [0.1, 0.15) is 29.4 Å². The summed E-state index contributed by atoms with van der Waals surface area (Å²) in [4.78, 5) is 0. The van der Waals surface area contributed by atoms with Crippen LogP contribution in [-0.2, 0) is 16.0 Å². The van der Waals surface area contributed by atoms with Gasteiger partial charge in [0, 0.05) is 24.4 Å². The van der Waals surface area contributed by atoms with Crippen molar-refractivity contribution in [1.29, 1.82) is 0 Å². The molecule has 2 unspecified atom stereocenters. The minimum Gasteiger partial charge on any atom is -0.485 e. The first-order valence-electron chi connectivity index (χ1n) is 11.4. The normalized spacial score (nSPS) is 19.7. The molecule has 0 bridgehead atoms. The van der Waals surface area contributed by atoms with Crippen LogP contribution in [0.3, 0.4) is 0 Å². The monoisotopic (exact) mass is 429 g/mol. The Morgan fingerprint density at radius 1 is 1.10 bits per heavy atom. The summed E-state index contributed by atoms with van der Waals surface area (Å²) < 4.78 is 32.2. The summed E-state index contributed by atoms with van der Waals surface area (Å²) in [5, 5.41) is 3.43. The number of ether oxygens (including phenoxy) is 3. The zero-order valence-electron chi connectivity index (χ0n) is 19.4. The molecule has 2 atom stereocenters. The Hall–Kier alpha value is -2.11. The van der Waals surface area contributed by atoms with E-state index >= 15 is 0 Å². The molecule has 0 saturated heterocycles. The molecule has 0 fully saturated rings. The number of fused-ring (bicyclic) bond motifs is 1.